The van der Waals surface area contributed by atoms with Crippen LogP contribution in [-0.4, -0.2) is 44.3 Å². The van der Waals surface area contributed by atoms with Crippen LogP contribution in [0.4, 0.5) is 0 Å². The Balaban J connectivity index is 2.62. The van der Waals surface area contributed by atoms with Crippen LogP contribution in [0.25, 0.3) is 6.08 Å². The van der Waals surface area contributed by atoms with E-state index < -0.39 is 5.97 Å². The predicted molar refractivity (Wildman–Crippen MR) is 76.0 cm³/mol. The molecule has 1 aromatic rings. The highest BCUT2D eigenvalue weighted by Gasteiger charge is 2.14. The third-order valence-electron chi connectivity index (χ3n) is 2.95. The van der Waals surface area contributed by atoms with Crippen molar-refractivity contribution in [2.24, 2.45) is 7.05 Å². The number of hydrogen-bond acceptors (Lipinski definition) is 3. The first-order valence-electron chi connectivity index (χ1n) is 6.60. The summed E-state index contributed by atoms with van der Waals surface area (Å²) >= 11 is 0. The molecule has 0 unspecified atom stereocenters. The Morgan fingerprint density at radius 1 is 1.50 bits per heavy atom. The van der Waals surface area contributed by atoms with E-state index in [-0.39, 0.29) is 18.4 Å². The van der Waals surface area contributed by atoms with Gasteiger partial charge < -0.3 is 10.0 Å². The van der Waals surface area contributed by atoms with Crippen LogP contribution in [0, 0.1) is 0 Å². The summed E-state index contributed by atoms with van der Waals surface area (Å²) in [5, 5.41) is 12.7. The smallest absolute Gasteiger partial charge is 0.303 e. The van der Waals surface area contributed by atoms with E-state index in [4.69, 9.17) is 5.11 Å². The maximum atomic E-state index is 12.1. The lowest BCUT2D eigenvalue weighted by Crippen LogP contribution is -2.36. The molecule has 20 heavy (non-hydrogen) atoms. The molecule has 1 N–H and O–H groups in total. The monoisotopic (exact) mass is 279 g/mol. The highest BCUT2D eigenvalue weighted by molar-refractivity contribution is 5.91. The summed E-state index contributed by atoms with van der Waals surface area (Å²) in [5.41, 5.74) is 0.840. The van der Waals surface area contributed by atoms with Crippen molar-refractivity contribution in [3.05, 3.63) is 24.0 Å². The number of carbonyl (C=O) groups excluding carboxylic acids is 1. The summed E-state index contributed by atoms with van der Waals surface area (Å²) in [5.74, 6) is -0.960. The minimum absolute atomic E-state index is 0.0347. The van der Waals surface area contributed by atoms with Crippen LogP contribution in [0.5, 0.6) is 0 Å². The summed E-state index contributed by atoms with van der Waals surface area (Å²) in [6, 6.07) is 1.85. The number of amides is 1. The van der Waals surface area contributed by atoms with E-state index in [1.165, 1.54) is 6.08 Å². The summed E-state index contributed by atoms with van der Waals surface area (Å²) in [7, 11) is 1.80. The van der Waals surface area contributed by atoms with Crippen molar-refractivity contribution >= 4 is 18.0 Å². The number of aromatic nitrogens is 2. The third-order valence-corrected chi connectivity index (χ3v) is 2.95. The number of aliphatic carboxylic acids is 1. The molecule has 0 bridgehead atoms. The maximum absolute atomic E-state index is 12.1. The molecular weight excluding hydrogens is 258 g/mol. The second-order valence-electron chi connectivity index (χ2n) is 4.84. The molecule has 6 heteroatoms. The molecule has 0 saturated carbocycles. The lowest BCUT2D eigenvalue weighted by molar-refractivity contribution is -0.138. The summed E-state index contributed by atoms with van der Waals surface area (Å²) < 4.78 is 1.67. The van der Waals surface area contributed by atoms with Gasteiger partial charge in [-0.25, -0.2) is 0 Å². The quantitative estimate of drug-likeness (QED) is 0.768. The van der Waals surface area contributed by atoms with Gasteiger partial charge in [-0.3, -0.25) is 14.3 Å². The van der Waals surface area contributed by atoms with Crippen LogP contribution in [0.3, 0.4) is 0 Å². The molecule has 1 amide bonds. The fourth-order valence-electron chi connectivity index (χ4n) is 1.82. The number of nitrogens with zero attached hydrogens (tertiary/aromatic N) is 3. The lowest BCUT2D eigenvalue weighted by atomic mass is 10.2. The molecule has 1 heterocycles. The molecule has 0 atom stereocenters. The van der Waals surface area contributed by atoms with Gasteiger partial charge in [0.05, 0.1) is 5.69 Å². The van der Waals surface area contributed by atoms with Gasteiger partial charge in [0.25, 0.3) is 0 Å². The summed E-state index contributed by atoms with van der Waals surface area (Å²) in [6.07, 6.45) is 5.40. The van der Waals surface area contributed by atoms with Gasteiger partial charge in [-0.1, -0.05) is 0 Å². The Morgan fingerprint density at radius 3 is 2.70 bits per heavy atom. The SMILES string of the molecule is CC(C)N(CCCC(=O)O)C(=O)/C=C/c1ccnn1C. The van der Waals surface area contributed by atoms with Crippen LogP contribution in [0.1, 0.15) is 32.4 Å². The number of carboxylic acid groups (broad SMARTS) is 1. The van der Waals surface area contributed by atoms with Crippen molar-refractivity contribution in [2.45, 2.75) is 32.7 Å². The standard InChI is InChI=1S/C14H21N3O3/c1-11(2)17(10-4-5-14(19)20)13(18)7-6-12-8-9-15-16(12)3/h6-9,11H,4-5,10H2,1-3H3,(H,19,20)/b7-6+. The minimum Gasteiger partial charge on any atom is -0.481 e. The molecule has 0 fully saturated rings. The van der Waals surface area contributed by atoms with Gasteiger partial charge in [-0.2, -0.15) is 5.10 Å². The minimum atomic E-state index is -0.841. The molecular formula is C14H21N3O3. The van der Waals surface area contributed by atoms with Gasteiger partial charge in [0.2, 0.25) is 5.91 Å². The van der Waals surface area contributed by atoms with Gasteiger partial charge >= 0.3 is 5.97 Å². The zero-order valence-corrected chi connectivity index (χ0v) is 12.1. The van der Waals surface area contributed by atoms with E-state index in [0.29, 0.717) is 13.0 Å². The summed E-state index contributed by atoms with van der Waals surface area (Å²) in [4.78, 5) is 24.3. The Labute approximate surface area is 118 Å². The van der Waals surface area contributed by atoms with Crippen molar-refractivity contribution in [1.82, 2.24) is 14.7 Å². The van der Waals surface area contributed by atoms with Crippen LogP contribution in [-0.2, 0) is 16.6 Å². The van der Waals surface area contributed by atoms with Crippen molar-refractivity contribution in [1.29, 1.82) is 0 Å². The first kappa shape index (κ1) is 15.9. The van der Waals surface area contributed by atoms with E-state index in [1.807, 2.05) is 19.9 Å². The first-order valence-corrected chi connectivity index (χ1v) is 6.60. The number of aryl methyl sites for hydroxylation is 1. The molecule has 0 saturated heterocycles. The van der Waals surface area contributed by atoms with Crippen LogP contribution >= 0.6 is 0 Å². The number of hydrogen-bond donors (Lipinski definition) is 1. The third kappa shape index (κ3) is 4.87. The normalized spacial score (nSPS) is 11.2. The van der Waals surface area contributed by atoms with Crippen LogP contribution < -0.4 is 0 Å². The Kier molecular flexibility index (Phi) is 5.96. The Morgan fingerprint density at radius 2 is 2.20 bits per heavy atom. The second kappa shape index (κ2) is 7.47. The average molecular weight is 279 g/mol. The number of rotatable bonds is 7. The first-order chi connectivity index (χ1) is 9.41. The van der Waals surface area contributed by atoms with E-state index in [1.54, 1.807) is 28.9 Å². The number of carboxylic acids is 1. The molecule has 110 valence electrons. The van der Waals surface area contributed by atoms with Gasteiger partial charge in [0, 0.05) is 38.3 Å². The van der Waals surface area contributed by atoms with E-state index >= 15 is 0 Å². The van der Waals surface area contributed by atoms with Gasteiger partial charge in [0.1, 0.15) is 0 Å². The molecule has 0 aliphatic heterocycles. The van der Waals surface area contributed by atoms with E-state index in [2.05, 4.69) is 5.10 Å². The molecule has 1 rings (SSSR count). The van der Waals surface area contributed by atoms with E-state index in [0.717, 1.165) is 5.69 Å². The maximum Gasteiger partial charge on any atom is 0.303 e. The molecule has 0 aromatic carbocycles. The molecule has 0 spiro atoms. The average Bonchev–Trinajstić information content (AvgIpc) is 2.76. The molecule has 0 aliphatic carbocycles. The van der Waals surface area contributed by atoms with Crippen LogP contribution in [0.15, 0.2) is 18.3 Å². The molecule has 1 aromatic heterocycles. The zero-order valence-electron chi connectivity index (χ0n) is 12.1. The summed E-state index contributed by atoms with van der Waals surface area (Å²) in [6.45, 7) is 4.27. The highest BCUT2D eigenvalue weighted by atomic mass is 16.4. The largest absolute Gasteiger partial charge is 0.481 e. The highest BCUT2D eigenvalue weighted by Crippen LogP contribution is 2.06. The molecule has 0 aliphatic rings. The fourth-order valence-corrected chi connectivity index (χ4v) is 1.82. The predicted octanol–water partition coefficient (Wildman–Crippen LogP) is 1.54. The van der Waals surface area contributed by atoms with Crippen molar-refractivity contribution < 1.29 is 14.7 Å². The Bertz CT molecular complexity index is 492. The molecule has 6 nitrogen and oxygen atoms in total. The lowest BCUT2D eigenvalue weighted by Gasteiger charge is -2.25. The van der Waals surface area contributed by atoms with Gasteiger partial charge in [-0.15, -0.1) is 0 Å². The number of carbonyl (C=O) groups is 2. The van der Waals surface area contributed by atoms with Crippen molar-refractivity contribution in [2.75, 3.05) is 6.54 Å². The van der Waals surface area contributed by atoms with Crippen molar-refractivity contribution in [3.8, 4) is 0 Å². The molecule has 0 radical (unpaired) electrons. The zero-order chi connectivity index (χ0) is 15.1. The van der Waals surface area contributed by atoms with Crippen LogP contribution in [0.2, 0.25) is 0 Å². The van der Waals surface area contributed by atoms with E-state index in [9.17, 15) is 9.59 Å². The second-order valence-corrected chi connectivity index (χ2v) is 4.84. The topological polar surface area (TPSA) is 75.4 Å². The van der Waals surface area contributed by atoms with Crippen molar-refractivity contribution in [3.63, 3.8) is 0 Å². The Hall–Kier alpha value is -2.11. The fraction of sp³-hybridized carbons (Fsp3) is 0.500. The van der Waals surface area contributed by atoms with Gasteiger partial charge in [-0.05, 0) is 32.4 Å². The van der Waals surface area contributed by atoms with Gasteiger partial charge in [0.15, 0.2) is 0 Å².